The van der Waals surface area contributed by atoms with Gasteiger partial charge in [0.1, 0.15) is 13.2 Å². The van der Waals surface area contributed by atoms with Gasteiger partial charge in [0.05, 0.1) is 13.1 Å². The van der Waals surface area contributed by atoms with Gasteiger partial charge in [-0.2, -0.15) is 0 Å². The van der Waals surface area contributed by atoms with Crippen LogP contribution in [-0.2, 0) is 28.7 Å². The fraction of sp³-hybridized carbons (Fsp3) is 0.667. The number of carbonyl (C=O) groups is 2. The van der Waals surface area contributed by atoms with Crippen LogP contribution in [0.3, 0.4) is 0 Å². The summed E-state index contributed by atoms with van der Waals surface area (Å²) in [7, 11) is 0. The minimum atomic E-state index is -0.403. The van der Waals surface area contributed by atoms with Crippen molar-refractivity contribution in [3.63, 3.8) is 0 Å². The second-order valence-corrected chi connectivity index (χ2v) is 3.59. The predicted molar refractivity (Wildman–Crippen MR) is 66.4 cm³/mol. The summed E-state index contributed by atoms with van der Waals surface area (Å²) < 4.78 is 9.53. The summed E-state index contributed by atoms with van der Waals surface area (Å²) in [6, 6.07) is 0. The lowest BCUT2D eigenvalue weighted by molar-refractivity contribution is -0.145. The van der Waals surface area contributed by atoms with Gasteiger partial charge in [-0.3, -0.25) is 9.59 Å². The lowest BCUT2D eigenvalue weighted by Gasteiger charge is -2.03. The summed E-state index contributed by atoms with van der Waals surface area (Å²) in [6.45, 7) is 0.302. The molecule has 0 heterocycles. The number of aliphatic imine (C=N–C) groups is 2. The van der Waals surface area contributed by atoms with E-state index in [-0.39, 0.29) is 39.1 Å². The van der Waals surface area contributed by atoms with Crippen molar-refractivity contribution in [1.82, 2.24) is 0 Å². The average molecular weight is 284 g/mol. The van der Waals surface area contributed by atoms with Crippen molar-refractivity contribution in [3.8, 4) is 0 Å². The number of isocyanates is 2. The topological polar surface area (TPSA) is 111 Å². The predicted octanol–water partition coefficient (Wildman–Crippen LogP) is 0.305. The first kappa shape index (κ1) is 17.7. The molecule has 0 aromatic rings. The second kappa shape index (κ2) is 13.1. The van der Waals surface area contributed by atoms with E-state index in [9.17, 15) is 19.2 Å². The molecule has 0 fully saturated rings. The van der Waals surface area contributed by atoms with E-state index in [0.717, 1.165) is 0 Å². The van der Waals surface area contributed by atoms with Gasteiger partial charge in [0.15, 0.2) is 0 Å². The Bertz CT molecular complexity index is 359. The van der Waals surface area contributed by atoms with Crippen molar-refractivity contribution in [2.45, 2.75) is 25.7 Å². The number of esters is 2. The Kier molecular flexibility index (Phi) is 11.6. The third-order valence-corrected chi connectivity index (χ3v) is 2.07. The standard InChI is InChI=1S/C12H16N2O6/c15-9-13-5-7-19-11(17)3-1-2-4-12(18)20-8-6-14-10-16/h1-8H2. The van der Waals surface area contributed by atoms with Crippen molar-refractivity contribution in [2.24, 2.45) is 9.98 Å². The average Bonchev–Trinajstić information content (AvgIpc) is 2.44. The van der Waals surface area contributed by atoms with Gasteiger partial charge >= 0.3 is 11.9 Å². The van der Waals surface area contributed by atoms with Crippen LogP contribution in [0.5, 0.6) is 0 Å². The minimum absolute atomic E-state index is 0.0490. The fourth-order valence-corrected chi connectivity index (χ4v) is 1.18. The molecule has 0 aromatic carbocycles. The zero-order chi connectivity index (χ0) is 15.1. The van der Waals surface area contributed by atoms with Gasteiger partial charge < -0.3 is 9.47 Å². The summed E-state index contributed by atoms with van der Waals surface area (Å²) in [4.78, 5) is 48.3. The molecule has 8 heteroatoms. The van der Waals surface area contributed by atoms with E-state index >= 15 is 0 Å². The van der Waals surface area contributed by atoms with Crippen LogP contribution in [0.4, 0.5) is 0 Å². The van der Waals surface area contributed by atoms with Crippen LogP contribution in [0.1, 0.15) is 25.7 Å². The van der Waals surface area contributed by atoms with Gasteiger partial charge in [0, 0.05) is 12.8 Å². The summed E-state index contributed by atoms with van der Waals surface area (Å²) in [5, 5.41) is 0. The Hall–Kier alpha value is -2.30. The summed E-state index contributed by atoms with van der Waals surface area (Å²) in [5.74, 6) is -0.806. The van der Waals surface area contributed by atoms with Gasteiger partial charge in [-0.05, 0) is 12.8 Å². The van der Waals surface area contributed by atoms with E-state index in [1.165, 1.54) is 12.2 Å². The molecule has 0 N–H and O–H groups in total. The first-order valence-electron chi connectivity index (χ1n) is 6.09. The van der Waals surface area contributed by atoms with E-state index < -0.39 is 11.9 Å². The Morgan fingerprint density at radius 3 is 1.55 bits per heavy atom. The normalized spacial score (nSPS) is 9.00. The Balaban J connectivity index is 3.45. The monoisotopic (exact) mass is 284 g/mol. The van der Waals surface area contributed by atoms with Crippen LogP contribution < -0.4 is 0 Å². The summed E-state index contributed by atoms with van der Waals surface area (Å²) in [5.41, 5.74) is 0. The molecule has 0 rings (SSSR count). The van der Waals surface area contributed by atoms with Crippen molar-refractivity contribution in [1.29, 1.82) is 0 Å². The van der Waals surface area contributed by atoms with Gasteiger partial charge in [-0.15, -0.1) is 0 Å². The van der Waals surface area contributed by atoms with E-state index in [0.29, 0.717) is 12.8 Å². The van der Waals surface area contributed by atoms with Crippen molar-refractivity contribution in [2.75, 3.05) is 26.3 Å². The SMILES string of the molecule is O=C=NCCOC(=O)CCCCC(=O)OCCN=C=O. The van der Waals surface area contributed by atoms with Crippen LogP contribution in [0, 0.1) is 0 Å². The van der Waals surface area contributed by atoms with Crippen molar-refractivity contribution < 1.29 is 28.7 Å². The first-order chi connectivity index (χ1) is 9.70. The van der Waals surface area contributed by atoms with Gasteiger partial charge in [0.2, 0.25) is 12.2 Å². The molecular formula is C12H16N2O6. The van der Waals surface area contributed by atoms with E-state index in [1.807, 2.05) is 0 Å². The number of nitrogens with zero attached hydrogens (tertiary/aromatic N) is 2. The van der Waals surface area contributed by atoms with Crippen LogP contribution in [0.15, 0.2) is 9.98 Å². The number of rotatable bonds is 11. The maximum atomic E-state index is 11.2. The van der Waals surface area contributed by atoms with E-state index in [4.69, 9.17) is 9.47 Å². The molecule has 0 aliphatic heterocycles. The molecule has 0 unspecified atom stereocenters. The highest BCUT2D eigenvalue weighted by molar-refractivity contribution is 5.70. The maximum Gasteiger partial charge on any atom is 0.305 e. The molecule has 0 aromatic heterocycles. The highest BCUT2D eigenvalue weighted by atomic mass is 16.5. The van der Waals surface area contributed by atoms with Crippen molar-refractivity contribution >= 4 is 24.1 Å². The fourth-order valence-electron chi connectivity index (χ4n) is 1.18. The quantitative estimate of drug-likeness (QED) is 0.233. The first-order valence-corrected chi connectivity index (χ1v) is 6.09. The second-order valence-electron chi connectivity index (χ2n) is 3.59. The number of hydrogen-bond donors (Lipinski definition) is 0. The molecule has 8 nitrogen and oxygen atoms in total. The molecule has 0 amide bonds. The number of hydrogen-bond acceptors (Lipinski definition) is 8. The third-order valence-electron chi connectivity index (χ3n) is 2.07. The zero-order valence-electron chi connectivity index (χ0n) is 11.0. The molecule has 20 heavy (non-hydrogen) atoms. The summed E-state index contributed by atoms with van der Waals surface area (Å²) >= 11 is 0. The van der Waals surface area contributed by atoms with Gasteiger partial charge in [-0.1, -0.05) is 0 Å². The molecule has 0 radical (unpaired) electrons. The van der Waals surface area contributed by atoms with Crippen LogP contribution in [-0.4, -0.2) is 50.4 Å². The third kappa shape index (κ3) is 12.2. The number of carbonyl (C=O) groups excluding carboxylic acids is 4. The number of ether oxygens (including phenoxy) is 2. The highest BCUT2D eigenvalue weighted by Gasteiger charge is 2.05. The largest absolute Gasteiger partial charge is 0.464 e. The van der Waals surface area contributed by atoms with Gasteiger partial charge in [0.25, 0.3) is 0 Å². The van der Waals surface area contributed by atoms with Crippen LogP contribution in [0.25, 0.3) is 0 Å². The summed E-state index contributed by atoms with van der Waals surface area (Å²) in [6.07, 6.45) is 4.04. The molecule has 0 atom stereocenters. The molecule has 0 aliphatic carbocycles. The van der Waals surface area contributed by atoms with E-state index in [1.54, 1.807) is 0 Å². The number of unbranched alkanes of at least 4 members (excludes halogenated alkanes) is 1. The Labute approximate surface area is 115 Å². The van der Waals surface area contributed by atoms with Gasteiger partial charge in [-0.25, -0.2) is 19.6 Å². The van der Waals surface area contributed by atoms with Crippen LogP contribution >= 0.6 is 0 Å². The molecule has 0 saturated carbocycles. The smallest absolute Gasteiger partial charge is 0.305 e. The molecule has 0 spiro atoms. The molecule has 0 bridgehead atoms. The maximum absolute atomic E-state index is 11.2. The van der Waals surface area contributed by atoms with Crippen molar-refractivity contribution in [3.05, 3.63) is 0 Å². The lowest BCUT2D eigenvalue weighted by Crippen LogP contribution is -2.09. The molecular weight excluding hydrogens is 268 g/mol. The molecule has 110 valence electrons. The highest BCUT2D eigenvalue weighted by Crippen LogP contribution is 2.02. The van der Waals surface area contributed by atoms with Crippen LogP contribution in [0.2, 0.25) is 0 Å². The minimum Gasteiger partial charge on any atom is -0.464 e. The Morgan fingerprint density at radius 2 is 1.20 bits per heavy atom. The van der Waals surface area contributed by atoms with E-state index in [2.05, 4.69) is 9.98 Å². The zero-order valence-corrected chi connectivity index (χ0v) is 11.0. The Morgan fingerprint density at radius 1 is 0.800 bits per heavy atom. The molecule has 0 aliphatic rings. The lowest BCUT2D eigenvalue weighted by atomic mass is 10.2. The molecule has 0 saturated heterocycles.